The van der Waals surface area contributed by atoms with Crippen molar-refractivity contribution in [2.45, 2.75) is 0 Å². The van der Waals surface area contributed by atoms with Gasteiger partial charge in [0.15, 0.2) is 17.5 Å². The van der Waals surface area contributed by atoms with E-state index in [1.807, 2.05) is 42.5 Å². The molecule has 0 radical (unpaired) electrons. The number of rotatable bonds is 5. The van der Waals surface area contributed by atoms with Crippen LogP contribution in [-0.2, 0) is 0 Å². The Balaban J connectivity index is 1.12. The van der Waals surface area contributed by atoms with Crippen molar-refractivity contribution in [2.75, 3.05) is 0 Å². The number of benzene rings is 9. The topological polar surface area (TPSA) is 38.7 Å². The maximum absolute atomic E-state index is 9.32. The molecule has 0 saturated heterocycles. The first-order valence-corrected chi connectivity index (χ1v) is 19.3. The number of fused-ring (bicyclic) bond motifs is 9. The molecule has 0 atom stereocenters. The molecule has 256 valence electrons. The van der Waals surface area contributed by atoms with Crippen LogP contribution in [0.25, 0.3) is 109 Å². The summed E-state index contributed by atoms with van der Waals surface area (Å²) in [5.41, 5.74) is 7.08. The van der Waals surface area contributed by atoms with Gasteiger partial charge in [-0.1, -0.05) is 158 Å². The van der Waals surface area contributed by atoms with Crippen molar-refractivity contribution >= 4 is 63.8 Å². The molecule has 0 N–H and O–H groups in total. The lowest BCUT2D eigenvalue weighted by Gasteiger charge is -2.12. The van der Waals surface area contributed by atoms with E-state index in [0.717, 1.165) is 59.1 Å². The lowest BCUT2D eigenvalue weighted by atomic mass is 9.92. The summed E-state index contributed by atoms with van der Waals surface area (Å²) in [6, 6.07) is 64.0. The molecule has 3 nitrogen and oxygen atoms in total. The first-order valence-electron chi connectivity index (χ1n) is 18.9. The molecule has 0 bridgehead atoms. The Labute approximate surface area is 323 Å². The number of thiophene rings is 1. The van der Waals surface area contributed by atoms with Gasteiger partial charge in [-0.2, -0.15) is 0 Å². The smallest absolute Gasteiger partial charge is 0.164 e. The molecule has 0 fully saturated rings. The lowest BCUT2D eigenvalue weighted by Crippen LogP contribution is -2.00. The van der Waals surface area contributed by atoms with Crippen molar-refractivity contribution in [3.8, 4) is 56.4 Å². The fourth-order valence-corrected chi connectivity index (χ4v) is 9.09. The highest BCUT2D eigenvalue weighted by atomic mass is 32.1. The van der Waals surface area contributed by atoms with Crippen molar-refractivity contribution in [1.29, 1.82) is 0 Å². The predicted molar refractivity (Wildman–Crippen MR) is 232 cm³/mol. The van der Waals surface area contributed by atoms with E-state index in [2.05, 4.69) is 140 Å². The summed E-state index contributed by atoms with van der Waals surface area (Å²) >= 11 is 1.65. The van der Waals surface area contributed by atoms with Crippen molar-refractivity contribution in [1.82, 2.24) is 15.0 Å². The molecule has 0 saturated carbocycles. The van der Waals surface area contributed by atoms with Gasteiger partial charge in [-0.05, 0) is 84.9 Å². The second-order valence-corrected chi connectivity index (χ2v) is 14.9. The van der Waals surface area contributed by atoms with E-state index in [9.17, 15) is 1.37 Å². The molecule has 9 aromatic carbocycles. The number of aromatic nitrogens is 3. The summed E-state index contributed by atoms with van der Waals surface area (Å²) in [4.78, 5) is 15.4. The second kappa shape index (κ2) is 12.8. The van der Waals surface area contributed by atoms with Crippen molar-refractivity contribution in [3.63, 3.8) is 0 Å². The van der Waals surface area contributed by atoms with Crippen molar-refractivity contribution < 1.29 is 1.37 Å². The van der Waals surface area contributed by atoms with Crippen LogP contribution < -0.4 is 0 Å². The Kier molecular flexibility index (Phi) is 7.11. The fraction of sp³-hybridized carbons (Fsp3) is 0. The molecular weight excluding hydrogens is 687 g/mol. The van der Waals surface area contributed by atoms with Crippen molar-refractivity contribution in [3.05, 3.63) is 188 Å². The quantitative estimate of drug-likeness (QED) is 0.166. The molecule has 55 heavy (non-hydrogen) atoms. The van der Waals surface area contributed by atoms with Crippen LogP contribution in [-0.4, -0.2) is 15.0 Å². The van der Waals surface area contributed by atoms with Crippen LogP contribution in [0.15, 0.2) is 188 Å². The Morgan fingerprint density at radius 2 is 0.836 bits per heavy atom. The Bertz CT molecular complexity index is 3280. The Hall–Kier alpha value is -7.01. The van der Waals surface area contributed by atoms with Gasteiger partial charge in [0.05, 0.1) is 1.37 Å². The summed E-state index contributed by atoms with van der Waals surface area (Å²) in [5.74, 6) is 1.83. The fourth-order valence-electron chi connectivity index (χ4n) is 8.01. The predicted octanol–water partition coefficient (Wildman–Crippen LogP) is 14.0. The molecule has 2 aromatic heterocycles. The van der Waals surface area contributed by atoms with Gasteiger partial charge < -0.3 is 0 Å². The summed E-state index contributed by atoms with van der Waals surface area (Å²) < 4.78 is 11.4. The first kappa shape index (κ1) is 30.5. The molecule has 0 aliphatic carbocycles. The molecule has 11 rings (SSSR count). The summed E-state index contributed by atoms with van der Waals surface area (Å²) in [7, 11) is 0. The minimum atomic E-state index is 0.507. The van der Waals surface area contributed by atoms with Crippen LogP contribution in [0.2, 0.25) is 0 Å². The molecule has 0 aliphatic heterocycles. The largest absolute Gasteiger partial charge is 0.208 e. The normalized spacial score (nSPS) is 11.9. The highest BCUT2D eigenvalue weighted by Crippen LogP contribution is 2.43. The van der Waals surface area contributed by atoms with E-state index in [1.165, 1.54) is 32.3 Å². The zero-order chi connectivity index (χ0) is 37.2. The molecule has 0 amide bonds. The van der Waals surface area contributed by atoms with E-state index < -0.39 is 0 Å². The van der Waals surface area contributed by atoms with Gasteiger partial charge in [0.2, 0.25) is 0 Å². The van der Waals surface area contributed by atoms with Crippen LogP contribution in [0.5, 0.6) is 0 Å². The molecule has 2 heterocycles. The van der Waals surface area contributed by atoms with Gasteiger partial charge in [0.1, 0.15) is 0 Å². The average molecular weight is 719 g/mol. The van der Waals surface area contributed by atoms with Gasteiger partial charge in [-0.3, -0.25) is 0 Å². The van der Waals surface area contributed by atoms with Crippen LogP contribution in [0.3, 0.4) is 0 Å². The van der Waals surface area contributed by atoms with E-state index in [4.69, 9.17) is 15.0 Å². The van der Waals surface area contributed by atoms with E-state index >= 15 is 0 Å². The van der Waals surface area contributed by atoms with E-state index in [-0.39, 0.29) is 0 Å². The van der Waals surface area contributed by atoms with Crippen LogP contribution in [0.4, 0.5) is 0 Å². The first-order chi connectivity index (χ1) is 27.7. The second-order valence-electron chi connectivity index (χ2n) is 13.9. The average Bonchev–Trinajstić information content (AvgIpc) is 3.66. The minimum absolute atomic E-state index is 0.507. The van der Waals surface area contributed by atoms with Gasteiger partial charge >= 0.3 is 0 Å². The van der Waals surface area contributed by atoms with Gasteiger partial charge in [-0.25, -0.2) is 15.0 Å². The molecule has 0 aliphatic rings. The Morgan fingerprint density at radius 3 is 1.56 bits per heavy atom. The number of hydrogen-bond acceptors (Lipinski definition) is 4. The Morgan fingerprint density at radius 1 is 0.327 bits per heavy atom. The molecule has 11 aromatic rings. The zero-order valence-electron chi connectivity index (χ0n) is 30.6. The summed E-state index contributed by atoms with van der Waals surface area (Å²) in [6.45, 7) is 0. The maximum atomic E-state index is 9.32. The van der Waals surface area contributed by atoms with Crippen LogP contribution >= 0.6 is 11.3 Å². The van der Waals surface area contributed by atoms with Gasteiger partial charge in [0, 0.05) is 36.9 Å². The highest BCUT2D eigenvalue weighted by molar-refractivity contribution is 7.26. The zero-order valence-corrected chi connectivity index (χ0v) is 30.4. The summed E-state index contributed by atoms with van der Waals surface area (Å²) in [5, 5.41) is 9.50. The summed E-state index contributed by atoms with van der Waals surface area (Å²) in [6.07, 6.45) is 0. The van der Waals surface area contributed by atoms with E-state index in [0.29, 0.717) is 23.5 Å². The van der Waals surface area contributed by atoms with Crippen molar-refractivity contribution in [2.24, 2.45) is 0 Å². The lowest BCUT2D eigenvalue weighted by molar-refractivity contribution is 1.08. The third-order valence-electron chi connectivity index (χ3n) is 10.6. The third kappa shape index (κ3) is 5.38. The van der Waals surface area contributed by atoms with Crippen LogP contribution in [0.1, 0.15) is 1.37 Å². The number of hydrogen-bond donors (Lipinski definition) is 0. The monoisotopic (exact) mass is 718 g/mol. The third-order valence-corrected chi connectivity index (χ3v) is 11.7. The van der Waals surface area contributed by atoms with Crippen LogP contribution in [0, 0.1) is 0 Å². The molecular formula is C51H31N3S. The number of nitrogens with zero attached hydrogens (tertiary/aromatic N) is 3. The van der Waals surface area contributed by atoms with E-state index in [1.54, 1.807) is 11.3 Å². The van der Waals surface area contributed by atoms with Gasteiger partial charge in [-0.15, -0.1) is 11.3 Å². The SMILES string of the molecule is [2H]c1cc(-c2ccc3c4ccccc4c4ccccc4c3c2)cc2c1sc1cccc(-c3nc(-c4ccccc4)nc(-c4cccc(-c5ccccc5)c4)n3)c12. The molecule has 4 heteroatoms. The molecule has 0 spiro atoms. The molecule has 0 unspecified atom stereocenters. The standard InChI is InChI=1S/C51H31N3S/c1-3-13-32(14-4-1)34-17-11-18-37(29-34)50-52-49(33-15-5-2-6-16-33)53-51(54-50)43-23-12-24-47-48(43)45-31-36(26-28-46(45)55-47)35-25-27-42-40-21-8-7-19-38(40)39-20-9-10-22-41(39)44(42)30-35/h1-31H/i28D. The minimum Gasteiger partial charge on any atom is -0.208 e. The maximum Gasteiger partial charge on any atom is 0.164 e. The highest BCUT2D eigenvalue weighted by Gasteiger charge is 2.18. The van der Waals surface area contributed by atoms with Gasteiger partial charge in [0.25, 0.3) is 0 Å².